The Bertz CT molecular complexity index is 2230. The highest BCUT2D eigenvalue weighted by Crippen LogP contribution is 2.55. The van der Waals surface area contributed by atoms with Gasteiger partial charge in [-0.3, -0.25) is 39.1 Å². The van der Waals surface area contributed by atoms with E-state index in [4.69, 9.17) is 9.47 Å². The molecule has 3 aromatic rings. The second kappa shape index (κ2) is 15.1. The van der Waals surface area contributed by atoms with Crippen LogP contribution in [0.5, 0.6) is 11.5 Å². The molecule has 1 aliphatic carbocycles. The number of aryl methyl sites for hydroxylation is 2. The smallest absolute Gasteiger partial charge is 0.271 e. The Morgan fingerprint density at radius 3 is 2.20 bits per heavy atom. The predicted octanol–water partition coefficient (Wildman–Crippen LogP) is 3.96. The first-order valence-corrected chi connectivity index (χ1v) is 20.4. The van der Waals surface area contributed by atoms with Gasteiger partial charge in [0.2, 0.25) is 11.8 Å². The van der Waals surface area contributed by atoms with E-state index in [1.807, 2.05) is 26.0 Å². The summed E-state index contributed by atoms with van der Waals surface area (Å²) in [5, 5.41) is 14.9. The summed E-state index contributed by atoms with van der Waals surface area (Å²) < 4.78 is 12.7. The molecule has 59 heavy (non-hydrogen) atoms. The van der Waals surface area contributed by atoms with Crippen molar-refractivity contribution >= 4 is 35.4 Å². The fourth-order valence-electron chi connectivity index (χ4n) is 10.1. The number of hydrogen-bond donors (Lipinski definition) is 2. The van der Waals surface area contributed by atoms with Gasteiger partial charge in [0.25, 0.3) is 17.7 Å². The van der Waals surface area contributed by atoms with Crippen molar-refractivity contribution in [1.29, 1.82) is 5.26 Å². The minimum atomic E-state index is -1.00. The molecule has 1 unspecified atom stereocenters. The molecule has 4 aliphatic heterocycles. The number of aromatic nitrogens is 2. The third-order valence-electron chi connectivity index (χ3n) is 13.0. The van der Waals surface area contributed by atoms with Crippen LogP contribution in [0.15, 0.2) is 42.7 Å². The van der Waals surface area contributed by atoms with E-state index in [0.717, 1.165) is 73.2 Å². The quantitative estimate of drug-likeness (QED) is 0.282. The molecular weight excluding hydrogens is 753 g/mol. The van der Waals surface area contributed by atoms with Crippen LogP contribution >= 0.6 is 0 Å². The first-order valence-electron chi connectivity index (χ1n) is 20.4. The van der Waals surface area contributed by atoms with Crippen molar-refractivity contribution in [1.82, 2.24) is 30.4 Å². The highest BCUT2D eigenvalue weighted by atomic mass is 16.5. The molecule has 8 rings (SSSR count). The van der Waals surface area contributed by atoms with Crippen molar-refractivity contribution < 1.29 is 33.4 Å². The second-order valence-corrected chi connectivity index (χ2v) is 17.9. The lowest BCUT2D eigenvalue weighted by molar-refractivity contribution is -0.164. The fourth-order valence-corrected chi connectivity index (χ4v) is 10.1. The summed E-state index contributed by atoms with van der Waals surface area (Å²) in [5.41, 5.74) is 2.38. The van der Waals surface area contributed by atoms with E-state index in [1.165, 1.54) is 0 Å². The minimum absolute atomic E-state index is 0.0451. The van der Waals surface area contributed by atoms with E-state index >= 15 is 0 Å². The normalized spacial score (nSPS) is 24.1. The summed E-state index contributed by atoms with van der Waals surface area (Å²) in [6.45, 7) is 16.3. The fraction of sp³-hybridized carbons (Fsp3) is 0.500. The van der Waals surface area contributed by atoms with Crippen LogP contribution in [0.4, 0.5) is 5.82 Å². The standard InChI is InChI=1S/C44H50N8O7/c1-24-15-28(16-25(2)32(24)18-45)59-42-43(3,4)41(44(42,5)6)49-37(54)33-19-47-35(20-46-33)51-13-11-26(12-14-51)21-50-22-29(23-50)58-27-7-8-30-31(17-27)40(57)52(39(30)56)34-9-10-36(53)48-38(34)55/h7-8,15-17,19-20,26,29,34,41-42H,9-14,21-23H2,1-6H3,(H,49,54)(H,48,53,55). The zero-order valence-electron chi connectivity index (χ0n) is 34.3. The van der Waals surface area contributed by atoms with Crippen LogP contribution in [0.25, 0.3) is 0 Å². The third-order valence-corrected chi connectivity index (χ3v) is 13.0. The van der Waals surface area contributed by atoms with E-state index in [2.05, 4.69) is 64.2 Å². The number of carbonyl (C=O) groups excluding carboxylic acids is 5. The van der Waals surface area contributed by atoms with Crippen LogP contribution in [0.3, 0.4) is 0 Å². The van der Waals surface area contributed by atoms with Crippen LogP contribution in [0.1, 0.15) is 101 Å². The molecule has 1 saturated carbocycles. The second-order valence-electron chi connectivity index (χ2n) is 17.9. The summed E-state index contributed by atoms with van der Waals surface area (Å²) in [5.74, 6) is 0.0703. The molecule has 0 radical (unpaired) electrons. The lowest BCUT2D eigenvalue weighted by Gasteiger charge is -2.63. The molecule has 1 atom stereocenters. The number of nitriles is 1. The summed E-state index contributed by atoms with van der Waals surface area (Å²) in [6.07, 6.45) is 5.19. The van der Waals surface area contributed by atoms with Gasteiger partial charge in [-0.05, 0) is 80.5 Å². The molecule has 2 aromatic carbocycles. The molecule has 4 fully saturated rings. The van der Waals surface area contributed by atoms with E-state index in [0.29, 0.717) is 17.2 Å². The third kappa shape index (κ3) is 7.28. The number of ether oxygens (including phenoxy) is 2. The van der Waals surface area contributed by atoms with E-state index in [1.54, 1.807) is 30.6 Å². The van der Waals surface area contributed by atoms with Crippen molar-refractivity contribution in [3.63, 3.8) is 0 Å². The lowest BCUT2D eigenvalue weighted by atomic mass is 9.49. The molecule has 5 heterocycles. The maximum Gasteiger partial charge on any atom is 0.271 e. The van der Waals surface area contributed by atoms with Crippen molar-refractivity contribution in [2.75, 3.05) is 37.6 Å². The topological polar surface area (TPSA) is 187 Å². The Hall–Kier alpha value is -5.88. The van der Waals surface area contributed by atoms with Gasteiger partial charge in [-0.25, -0.2) is 9.97 Å². The lowest BCUT2D eigenvalue weighted by Crippen LogP contribution is -2.74. The van der Waals surface area contributed by atoms with Crippen LogP contribution in [0, 0.1) is 41.9 Å². The number of anilines is 1. The van der Waals surface area contributed by atoms with Gasteiger partial charge in [0.1, 0.15) is 41.3 Å². The van der Waals surface area contributed by atoms with Gasteiger partial charge in [0, 0.05) is 56.0 Å². The monoisotopic (exact) mass is 802 g/mol. The van der Waals surface area contributed by atoms with Crippen LogP contribution in [0.2, 0.25) is 0 Å². The van der Waals surface area contributed by atoms with Crippen LogP contribution < -0.4 is 25.0 Å². The number of carbonyl (C=O) groups is 5. The highest BCUT2D eigenvalue weighted by molar-refractivity contribution is 6.23. The zero-order chi connectivity index (χ0) is 42.0. The maximum atomic E-state index is 13.4. The average molecular weight is 803 g/mol. The van der Waals surface area contributed by atoms with Crippen molar-refractivity contribution in [3.05, 3.63) is 76.2 Å². The van der Waals surface area contributed by atoms with E-state index in [9.17, 15) is 29.2 Å². The van der Waals surface area contributed by atoms with Gasteiger partial charge in [0.05, 0.1) is 35.2 Å². The Labute approximate surface area is 343 Å². The number of hydrogen-bond acceptors (Lipinski definition) is 12. The van der Waals surface area contributed by atoms with Crippen molar-refractivity contribution in [2.24, 2.45) is 16.7 Å². The molecule has 3 saturated heterocycles. The predicted molar refractivity (Wildman–Crippen MR) is 215 cm³/mol. The Balaban J connectivity index is 0.778. The van der Waals surface area contributed by atoms with Crippen LogP contribution in [-0.2, 0) is 9.59 Å². The molecular formula is C44H50N8O7. The number of nitrogens with one attached hydrogen (secondary N) is 2. The van der Waals surface area contributed by atoms with Gasteiger partial charge in [-0.1, -0.05) is 27.7 Å². The first kappa shape index (κ1) is 39.9. The molecule has 0 bridgehead atoms. The van der Waals surface area contributed by atoms with Gasteiger partial charge >= 0.3 is 0 Å². The largest absolute Gasteiger partial charge is 0.489 e. The molecule has 0 spiro atoms. The molecule has 5 aliphatic rings. The minimum Gasteiger partial charge on any atom is -0.489 e. The van der Waals surface area contributed by atoms with Gasteiger partial charge < -0.3 is 19.7 Å². The van der Waals surface area contributed by atoms with E-state index in [-0.39, 0.29) is 64.6 Å². The molecule has 308 valence electrons. The average Bonchev–Trinajstić information content (AvgIpc) is 3.43. The van der Waals surface area contributed by atoms with E-state index < -0.39 is 29.7 Å². The maximum absolute atomic E-state index is 13.4. The van der Waals surface area contributed by atoms with Gasteiger partial charge in [0.15, 0.2) is 0 Å². The van der Waals surface area contributed by atoms with Crippen molar-refractivity contribution in [2.45, 2.75) is 91.5 Å². The Morgan fingerprint density at radius 1 is 0.898 bits per heavy atom. The van der Waals surface area contributed by atoms with Gasteiger partial charge in [-0.15, -0.1) is 0 Å². The zero-order valence-corrected chi connectivity index (χ0v) is 34.3. The number of rotatable bonds is 10. The number of benzene rings is 2. The number of amides is 5. The van der Waals surface area contributed by atoms with Gasteiger partial charge in [-0.2, -0.15) is 5.26 Å². The summed E-state index contributed by atoms with van der Waals surface area (Å²) in [4.78, 5) is 78.3. The Morgan fingerprint density at radius 2 is 1.58 bits per heavy atom. The molecule has 15 nitrogen and oxygen atoms in total. The summed E-state index contributed by atoms with van der Waals surface area (Å²) in [6, 6.07) is 9.71. The Kier molecular flexibility index (Phi) is 10.2. The SMILES string of the molecule is Cc1cc(OC2C(C)(C)C(NC(=O)c3cnc(N4CCC(CN5CC(Oc6ccc7c(c6)C(=O)N(C6CCC(=O)NC6=O)C7=O)C5)CC4)cn3)C2(C)C)cc(C)c1C#N. The number of piperidine rings is 2. The first-order chi connectivity index (χ1) is 28.0. The molecule has 15 heteroatoms. The summed E-state index contributed by atoms with van der Waals surface area (Å²) >= 11 is 0. The highest BCUT2D eigenvalue weighted by Gasteiger charge is 2.64. The number of nitrogens with zero attached hydrogens (tertiary/aromatic N) is 6. The van der Waals surface area contributed by atoms with Crippen molar-refractivity contribution in [3.8, 4) is 17.6 Å². The molecule has 5 amide bonds. The number of likely N-dealkylation sites (tertiary alicyclic amines) is 1. The number of fused-ring (bicyclic) bond motifs is 1. The number of imide groups is 2. The summed E-state index contributed by atoms with van der Waals surface area (Å²) in [7, 11) is 0. The molecule has 2 N–H and O–H groups in total. The molecule has 1 aromatic heterocycles. The van der Waals surface area contributed by atoms with Crippen LogP contribution in [-0.4, -0.2) is 106 Å².